The molecular weight excluding hydrogens is 299 g/mol. The molecule has 0 radical (unpaired) electrons. The molecule has 0 heterocycles. The van der Waals surface area contributed by atoms with Crippen molar-refractivity contribution in [3.8, 4) is 0 Å². The van der Waals surface area contributed by atoms with E-state index in [1.165, 1.54) is 0 Å². The lowest BCUT2D eigenvalue weighted by molar-refractivity contribution is -0.139. The first-order valence-corrected chi connectivity index (χ1v) is 6.61. The van der Waals surface area contributed by atoms with E-state index in [1.807, 2.05) is 6.92 Å². The third-order valence-electron chi connectivity index (χ3n) is 2.48. The van der Waals surface area contributed by atoms with E-state index in [0.717, 1.165) is 12.8 Å². The molecule has 4 heteroatoms. The van der Waals surface area contributed by atoms with Crippen LogP contribution in [0.3, 0.4) is 0 Å². The number of hydrogen-bond donors (Lipinski definition) is 0. The predicted octanol–water partition coefficient (Wildman–Crippen LogP) is 4.36. The first-order valence-electron chi connectivity index (χ1n) is 5.82. The molecule has 0 aliphatic rings. The minimum atomic E-state index is -1.55. The molecule has 0 N–H and O–H groups in total. The molecule has 98 valence electrons. The fraction of sp³-hybridized carbons (Fsp3) is 0.357. The Morgan fingerprint density at radius 2 is 2.17 bits per heavy atom. The molecule has 0 aromatic heterocycles. The zero-order chi connectivity index (χ0) is 13.5. The van der Waals surface area contributed by atoms with Crippen LogP contribution in [0.2, 0.25) is 0 Å². The van der Waals surface area contributed by atoms with Crippen LogP contribution in [0.1, 0.15) is 31.5 Å². The lowest BCUT2D eigenvalue weighted by atomic mass is 10.0. The molecule has 0 saturated carbocycles. The maximum Gasteiger partial charge on any atom is 0.336 e. The monoisotopic (exact) mass is 314 g/mol. The van der Waals surface area contributed by atoms with Crippen molar-refractivity contribution in [3.63, 3.8) is 0 Å². The number of halogens is 2. The Kier molecular flexibility index (Phi) is 6.05. The highest BCUT2D eigenvalue weighted by molar-refractivity contribution is 9.10. The quantitative estimate of drug-likeness (QED) is 0.443. The summed E-state index contributed by atoms with van der Waals surface area (Å²) in [7, 11) is 0. The van der Waals surface area contributed by atoms with Crippen LogP contribution in [0, 0.1) is 0 Å². The molecule has 1 rings (SSSR count). The molecule has 0 amide bonds. The van der Waals surface area contributed by atoms with Gasteiger partial charge in [0.15, 0.2) is 6.17 Å². The smallest absolute Gasteiger partial charge is 0.336 e. The standard InChI is InChI=1S/C14H16BrFO2/c1-3-4-9-18-14(17)10(2)13(16)11-7-5-6-8-12(11)15/h5-8,13H,2-4,9H2,1H3. The number of carbonyl (C=O) groups is 1. The van der Waals surface area contributed by atoms with E-state index in [9.17, 15) is 9.18 Å². The summed E-state index contributed by atoms with van der Waals surface area (Å²) < 4.78 is 19.7. The van der Waals surface area contributed by atoms with Crippen LogP contribution in [0.15, 0.2) is 40.9 Å². The van der Waals surface area contributed by atoms with Crippen molar-refractivity contribution in [3.05, 3.63) is 46.5 Å². The first-order chi connectivity index (χ1) is 8.57. The first kappa shape index (κ1) is 14.9. The predicted molar refractivity (Wildman–Crippen MR) is 73.0 cm³/mol. The van der Waals surface area contributed by atoms with E-state index >= 15 is 0 Å². The molecule has 2 nitrogen and oxygen atoms in total. The average Bonchev–Trinajstić information content (AvgIpc) is 2.38. The van der Waals surface area contributed by atoms with E-state index in [4.69, 9.17) is 4.74 Å². The minimum Gasteiger partial charge on any atom is -0.462 e. The maximum atomic E-state index is 14.1. The van der Waals surface area contributed by atoms with E-state index in [1.54, 1.807) is 24.3 Å². The SMILES string of the molecule is C=C(C(=O)OCCCC)C(F)c1ccccc1Br. The van der Waals surface area contributed by atoms with Crippen LogP contribution in [-0.4, -0.2) is 12.6 Å². The van der Waals surface area contributed by atoms with Gasteiger partial charge in [0.2, 0.25) is 0 Å². The summed E-state index contributed by atoms with van der Waals surface area (Å²) in [6.07, 6.45) is 0.142. The molecule has 0 aliphatic carbocycles. The molecule has 0 bridgehead atoms. The molecule has 0 spiro atoms. The number of carbonyl (C=O) groups excluding carboxylic acids is 1. The van der Waals surface area contributed by atoms with Gasteiger partial charge in [-0.05, 0) is 12.5 Å². The third kappa shape index (κ3) is 3.95. The lowest BCUT2D eigenvalue weighted by Crippen LogP contribution is -2.12. The van der Waals surface area contributed by atoms with Gasteiger partial charge >= 0.3 is 5.97 Å². The van der Waals surface area contributed by atoms with Crippen LogP contribution in [0.5, 0.6) is 0 Å². The van der Waals surface area contributed by atoms with E-state index in [0.29, 0.717) is 16.6 Å². The van der Waals surface area contributed by atoms with Crippen LogP contribution < -0.4 is 0 Å². The molecule has 18 heavy (non-hydrogen) atoms. The highest BCUT2D eigenvalue weighted by atomic mass is 79.9. The molecule has 1 atom stereocenters. The summed E-state index contributed by atoms with van der Waals surface area (Å²) in [5, 5.41) is 0. The Balaban J connectivity index is 2.67. The fourth-order valence-corrected chi connectivity index (χ4v) is 1.86. The number of hydrogen-bond acceptors (Lipinski definition) is 2. The van der Waals surface area contributed by atoms with Crippen LogP contribution in [0.25, 0.3) is 0 Å². The van der Waals surface area contributed by atoms with Gasteiger partial charge < -0.3 is 4.74 Å². The maximum absolute atomic E-state index is 14.1. The highest BCUT2D eigenvalue weighted by Gasteiger charge is 2.23. The van der Waals surface area contributed by atoms with Crippen LogP contribution in [-0.2, 0) is 9.53 Å². The molecule has 0 aliphatic heterocycles. The largest absolute Gasteiger partial charge is 0.462 e. The number of esters is 1. The number of ether oxygens (including phenoxy) is 1. The van der Waals surface area contributed by atoms with E-state index in [-0.39, 0.29) is 5.57 Å². The van der Waals surface area contributed by atoms with Gasteiger partial charge in [-0.25, -0.2) is 9.18 Å². The Morgan fingerprint density at radius 3 is 2.78 bits per heavy atom. The normalized spacial score (nSPS) is 11.9. The number of unbranched alkanes of at least 4 members (excludes halogenated alkanes) is 1. The van der Waals surface area contributed by atoms with Crippen molar-refractivity contribution in [2.24, 2.45) is 0 Å². The number of rotatable bonds is 6. The lowest BCUT2D eigenvalue weighted by Gasteiger charge is -2.12. The van der Waals surface area contributed by atoms with Crippen LogP contribution >= 0.6 is 15.9 Å². The van der Waals surface area contributed by atoms with Gasteiger partial charge in [-0.15, -0.1) is 0 Å². The molecular formula is C14H16BrFO2. The van der Waals surface area contributed by atoms with Gasteiger partial charge in [0.05, 0.1) is 12.2 Å². The number of benzene rings is 1. The van der Waals surface area contributed by atoms with Gasteiger partial charge in [0, 0.05) is 10.0 Å². The second-order valence-electron chi connectivity index (χ2n) is 3.90. The zero-order valence-corrected chi connectivity index (χ0v) is 11.9. The Hall–Kier alpha value is -1.16. The van der Waals surface area contributed by atoms with Gasteiger partial charge in [-0.2, -0.15) is 0 Å². The summed E-state index contributed by atoms with van der Waals surface area (Å²) in [6, 6.07) is 6.82. The topological polar surface area (TPSA) is 26.3 Å². The van der Waals surface area contributed by atoms with Gasteiger partial charge in [0.1, 0.15) is 0 Å². The van der Waals surface area contributed by atoms with Crippen molar-refractivity contribution in [2.75, 3.05) is 6.61 Å². The van der Waals surface area contributed by atoms with Crippen molar-refractivity contribution in [2.45, 2.75) is 25.9 Å². The summed E-state index contributed by atoms with van der Waals surface area (Å²) in [4.78, 5) is 11.6. The summed E-state index contributed by atoms with van der Waals surface area (Å²) in [5.74, 6) is -0.674. The van der Waals surface area contributed by atoms with E-state index < -0.39 is 12.1 Å². The highest BCUT2D eigenvalue weighted by Crippen LogP contribution is 2.31. The molecule has 1 unspecified atom stereocenters. The summed E-state index contributed by atoms with van der Waals surface area (Å²) >= 11 is 3.24. The number of alkyl halides is 1. The van der Waals surface area contributed by atoms with Crippen molar-refractivity contribution >= 4 is 21.9 Å². The second-order valence-corrected chi connectivity index (χ2v) is 4.75. The Bertz CT molecular complexity index is 432. The van der Waals surface area contributed by atoms with Crippen molar-refractivity contribution in [1.82, 2.24) is 0 Å². The van der Waals surface area contributed by atoms with Crippen molar-refractivity contribution in [1.29, 1.82) is 0 Å². The van der Waals surface area contributed by atoms with E-state index in [2.05, 4.69) is 22.5 Å². The average molecular weight is 315 g/mol. The van der Waals surface area contributed by atoms with Crippen LogP contribution in [0.4, 0.5) is 4.39 Å². The molecule has 1 aromatic rings. The van der Waals surface area contributed by atoms with Gasteiger partial charge in [-0.3, -0.25) is 0 Å². The summed E-state index contributed by atoms with van der Waals surface area (Å²) in [6.45, 7) is 5.77. The second kappa shape index (κ2) is 7.31. The molecule has 0 fully saturated rings. The summed E-state index contributed by atoms with van der Waals surface area (Å²) in [5.41, 5.74) is 0.216. The fourth-order valence-electron chi connectivity index (χ4n) is 1.37. The van der Waals surface area contributed by atoms with Gasteiger partial charge in [0.25, 0.3) is 0 Å². The zero-order valence-electron chi connectivity index (χ0n) is 10.3. The van der Waals surface area contributed by atoms with Crippen molar-refractivity contribution < 1.29 is 13.9 Å². The third-order valence-corrected chi connectivity index (χ3v) is 3.20. The Labute approximate surface area is 115 Å². The minimum absolute atomic E-state index is 0.169. The molecule has 1 aromatic carbocycles. The Morgan fingerprint density at radius 1 is 1.50 bits per heavy atom. The van der Waals surface area contributed by atoms with Gasteiger partial charge in [-0.1, -0.05) is 54.1 Å². The molecule has 0 saturated heterocycles.